The van der Waals surface area contributed by atoms with E-state index in [1.54, 1.807) is 9.58 Å². The molecule has 0 unspecified atom stereocenters. The summed E-state index contributed by atoms with van der Waals surface area (Å²) in [6, 6.07) is 7.70. The summed E-state index contributed by atoms with van der Waals surface area (Å²) in [5.74, 6) is -0.408. The molecule has 1 aromatic carbocycles. The van der Waals surface area contributed by atoms with Crippen molar-refractivity contribution in [2.24, 2.45) is 18.4 Å². The zero-order chi connectivity index (χ0) is 24.6. The summed E-state index contributed by atoms with van der Waals surface area (Å²) in [6.07, 6.45) is 2.19. The number of benzene rings is 1. The van der Waals surface area contributed by atoms with Crippen molar-refractivity contribution < 1.29 is 14.4 Å². The number of aryl methyl sites for hydroxylation is 2. The molecule has 182 valence electrons. The van der Waals surface area contributed by atoms with Crippen LogP contribution in [-0.4, -0.2) is 56.9 Å². The van der Waals surface area contributed by atoms with Crippen LogP contribution in [-0.2, 0) is 29.6 Å². The molecule has 3 heterocycles. The van der Waals surface area contributed by atoms with Crippen LogP contribution in [0.1, 0.15) is 60.9 Å². The minimum atomic E-state index is -0.478. The van der Waals surface area contributed by atoms with Gasteiger partial charge in [-0.25, -0.2) is 0 Å². The van der Waals surface area contributed by atoms with Crippen molar-refractivity contribution in [2.45, 2.75) is 53.5 Å². The molecule has 0 bridgehead atoms. The van der Waals surface area contributed by atoms with E-state index in [4.69, 9.17) is 0 Å². The number of nitrogens with zero attached hydrogens (tertiary/aromatic N) is 4. The highest BCUT2D eigenvalue weighted by molar-refractivity contribution is 5.96. The molecule has 1 aromatic heterocycles. The van der Waals surface area contributed by atoms with Gasteiger partial charge in [0.05, 0.1) is 5.92 Å². The first kappa shape index (κ1) is 24.0. The molecule has 0 saturated carbocycles. The SMILES string of the molecule is Cc1ccccc1NC(=O)[C@@H]1CCCN(C(=O)c2nn(C)c3c2CN(C(=O)C(C)(C)C)CC3)C1. The van der Waals surface area contributed by atoms with Crippen LogP contribution in [0, 0.1) is 18.3 Å². The van der Waals surface area contributed by atoms with Crippen molar-refractivity contribution in [3.05, 3.63) is 46.8 Å². The van der Waals surface area contributed by atoms with E-state index in [1.165, 1.54) is 0 Å². The number of nitrogens with one attached hydrogen (secondary N) is 1. The molecule has 3 amide bonds. The van der Waals surface area contributed by atoms with E-state index < -0.39 is 5.41 Å². The Morgan fingerprint density at radius 1 is 1.09 bits per heavy atom. The standard InChI is InChI=1S/C26H35N5O3/c1-17-9-6-7-11-20(17)27-23(32)18-10-8-13-30(15-18)24(33)22-19-16-31(25(34)26(2,3)4)14-12-21(19)29(5)28-22/h6-7,9,11,18H,8,10,12-16H2,1-5H3,(H,27,32)/t18-/m1/s1. The van der Waals surface area contributed by atoms with Gasteiger partial charge in [-0.15, -0.1) is 0 Å². The number of likely N-dealkylation sites (tertiary alicyclic amines) is 1. The number of amides is 3. The lowest BCUT2D eigenvalue weighted by Gasteiger charge is -2.34. The third-order valence-corrected chi connectivity index (χ3v) is 6.86. The van der Waals surface area contributed by atoms with Gasteiger partial charge in [-0.05, 0) is 31.4 Å². The number of fused-ring (bicyclic) bond motifs is 1. The molecule has 2 aromatic rings. The van der Waals surface area contributed by atoms with Gasteiger partial charge in [0.25, 0.3) is 5.91 Å². The van der Waals surface area contributed by atoms with E-state index in [0.29, 0.717) is 38.3 Å². The molecule has 1 N–H and O–H groups in total. The third kappa shape index (κ3) is 4.72. The average molecular weight is 466 g/mol. The number of aromatic nitrogens is 2. The number of piperidine rings is 1. The maximum Gasteiger partial charge on any atom is 0.274 e. The molecule has 0 radical (unpaired) electrons. The van der Waals surface area contributed by atoms with Crippen LogP contribution in [0.2, 0.25) is 0 Å². The van der Waals surface area contributed by atoms with Gasteiger partial charge in [0, 0.05) is 62.0 Å². The zero-order valence-corrected chi connectivity index (χ0v) is 20.9. The van der Waals surface area contributed by atoms with Crippen LogP contribution in [0.3, 0.4) is 0 Å². The normalized spacial score (nSPS) is 18.4. The fourth-order valence-electron chi connectivity index (χ4n) is 4.89. The summed E-state index contributed by atoms with van der Waals surface area (Å²) in [6.45, 7) is 9.69. The molecule has 4 rings (SSSR count). The molecule has 1 saturated heterocycles. The summed E-state index contributed by atoms with van der Waals surface area (Å²) in [7, 11) is 1.85. The second kappa shape index (κ2) is 9.24. The summed E-state index contributed by atoms with van der Waals surface area (Å²) in [5.41, 5.74) is 3.58. The van der Waals surface area contributed by atoms with Gasteiger partial charge in [0.2, 0.25) is 11.8 Å². The molecule has 8 nitrogen and oxygen atoms in total. The molecule has 8 heteroatoms. The van der Waals surface area contributed by atoms with E-state index in [2.05, 4.69) is 10.4 Å². The third-order valence-electron chi connectivity index (χ3n) is 6.86. The van der Waals surface area contributed by atoms with E-state index in [9.17, 15) is 14.4 Å². The summed E-state index contributed by atoms with van der Waals surface area (Å²) in [4.78, 5) is 43.0. The maximum atomic E-state index is 13.6. The Bertz CT molecular complexity index is 1110. The molecule has 2 aliphatic rings. The molecule has 34 heavy (non-hydrogen) atoms. The monoisotopic (exact) mass is 465 g/mol. The molecular formula is C26H35N5O3. The van der Waals surface area contributed by atoms with Crippen molar-refractivity contribution in [1.29, 1.82) is 0 Å². The zero-order valence-electron chi connectivity index (χ0n) is 20.9. The van der Waals surface area contributed by atoms with Gasteiger partial charge in [0.1, 0.15) is 0 Å². The van der Waals surface area contributed by atoms with Gasteiger partial charge in [-0.3, -0.25) is 19.1 Å². The van der Waals surface area contributed by atoms with Crippen molar-refractivity contribution in [3.8, 4) is 0 Å². The van der Waals surface area contributed by atoms with Gasteiger partial charge in [0.15, 0.2) is 5.69 Å². The summed E-state index contributed by atoms with van der Waals surface area (Å²) >= 11 is 0. The Morgan fingerprint density at radius 2 is 1.82 bits per heavy atom. The lowest BCUT2D eigenvalue weighted by atomic mass is 9.92. The highest BCUT2D eigenvalue weighted by atomic mass is 16.2. The Kier molecular flexibility index (Phi) is 6.51. The minimum Gasteiger partial charge on any atom is -0.337 e. The summed E-state index contributed by atoms with van der Waals surface area (Å²) < 4.78 is 1.77. The van der Waals surface area contributed by atoms with Crippen LogP contribution < -0.4 is 5.32 Å². The Labute approximate surface area is 201 Å². The summed E-state index contributed by atoms with van der Waals surface area (Å²) in [5, 5.41) is 7.58. The largest absolute Gasteiger partial charge is 0.337 e. The molecular weight excluding hydrogens is 430 g/mol. The molecule has 1 fully saturated rings. The van der Waals surface area contributed by atoms with E-state index >= 15 is 0 Å². The number of carbonyl (C=O) groups is 3. The van der Waals surface area contributed by atoms with Crippen molar-refractivity contribution in [2.75, 3.05) is 25.0 Å². The van der Waals surface area contributed by atoms with Gasteiger partial charge >= 0.3 is 0 Å². The number of rotatable bonds is 3. The molecule has 1 atom stereocenters. The van der Waals surface area contributed by atoms with Crippen molar-refractivity contribution in [1.82, 2.24) is 19.6 Å². The van der Waals surface area contributed by atoms with E-state index in [1.807, 2.05) is 63.9 Å². The molecule has 2 aliphatic heterocycles. The van der Waals surface area contributed by atoms with Crippen molar-refractivity contribution in [3.63, 3.8) is 0 Å². The minimum absolute atomic E-state index is 0.0585. The second-order valence-corrected chi connectivity index (χ2v) is 10.5. The van der Waals surface area contributed by atoms with Crippen LogP contribution >= 0.6 is 0 Å². The number of hydrogen-bond acceptors (Lipinski definition) is 4. The number of anilines is 1. The molecule has 0 aliphatic carbocycles. The lowest BCUT2D eigenvalue weighted by molar-refractivity contribution is -0.140. The van der Waals surface area contributed by atoms with E-state index in [-0.39, 0.29) is 23.6 Å². The Morgan fingerprint density at radius 3 is 2.53 bits per heavy atom. The van der Waals surface area contributed by atoms with Crippen LogP contribution in [0.4, 0.5) is 5.69 Å². The van der Waals surface area contributed by atoms with Gasteiger partial charge < -0.3 is 15.1 Å². The first-order valence-electron chi connectivity index (χ1n) is 12.1. The number of hydrogen-bond donors (Lipinski definition) is 1. The predicted molar refractivity (Wildman–Crippen MR) is 130 cm³/mol. The predicted octanol–water partition coefficient (Wildman–Crippen LogP) is 3.15. The van der Waals surface area contributed by atoms with Gasteiger partial charge in [-0.1, -0.05) is 39.0 Å². The highest BCUT2D eigenvalue weighted by Crippen LogP contribution is 2.28. The van der Waals surface area contributed by atoms with Crippen LogP contribution in [0.5, 0.6) is 0 Å². The Hall–Kier alpha value is -3.16. The fraction of sp³-hybridized carbons (Fsp3) is 0.538. The Balaban J connectivity index is 1.50. The van der Waals surface area contributed by atoms with Crippen LogP contribution in [0.25, 0.3) is 0 Å². The van der Waals surface area contributed by atoms with Crippen molar-refractivity contribution >= 4 is 23.4 Å². The maximum absolute atomic E-state index is 13.6. The smallest absolute Gasteiger partial charge is 0.274 e. The fourth-order valence-corrected chi connectivity index (χ4v) is 4.89. The lowest BCUT2D eigenvalue weighted by Crippen LogP contribution is -2.45. The quantitative estimate of drug-likeness (QED) is 0.754. The second-order valence-electron chi connectivity index (χ2n) is 10.5. The van der Waals surface area contributed by atoms with E-state index in [0.717, 1.165) is 35.3 Å². The first-order chi connectivity index (χ1) is 16.1. The number of carbonyl (C=O) groups excluding carboxylic acids is 3. The molecule has 0 spiro atoms. The average Bonchev–Trinajstić information content (AvgIpc) is 3.14. The topological polar surface area (TPSA) is 87.5 Å². The number of para-hydroxylation sites is 1. The highest BCUT2D eigenvalue weighted by Gasteiger charge is 2.36. The first-order valence-corrected chi connectivity index (χ1v) is 12.1. The van der Waals surface area contributed by atoms with Gasteiger partial charge in [-0.2, -0.15) is 5.10 Å². The van der Waals surface area contributed by atoms with Crippen LogP contribution in [0.15, 0.2) is 24.3 Å².